The summed E-state index contributed by atoms with van der Waals surface area (Å²) in [4.78, 5) is 28.4. The molecule has 2 heterocycles. The molecular formula is C15H21N3O3+2. The van der Waals surface area contributed by atoms with Gasteiger partial charge in [0.2, 0.25) is 0 Å². The number of carbonyl (C=O) groups is 2. The van der Waals surface area contributed by atoms with Crippen LogP contribution in [0.5, 0.6) is 0 Å². The average Bonchev–Trinajstić information content (AvgIpc) is 2.75. The van der Waals surface area contributed by atoms with Crippen molar-refractivity contribution >= 4 is 17.4 Å². The SMILES string of the molecule is O=C1C(=O)N(C[NH+]2CC[NH+](CCO)CC2)c2ccccc21. The second-order valence-corrected chi connectivity index (χ2v) is 5.71. The van der Waals surface area contributed by atoms with E-state index in [9.17, 15) is 9.59 Å². The Morgan fingerprint density at radius 2 is 1.71 bits per heavy atom. The number of Topliss-reactive ketones (excluding diaryl/α,β-unsaturated/α-hetero) is 1. The lowest BCUT2D eigenvalue weighted by Gasteiger charge is -2.31. The molecule has 2 aliphatic heterocycles. The lowest BCUT2D eigenvalue weighted by molar-refractivity contribution is -1.01. The number of hydrogen-bond donors (Lipinski definition) is 3. The van der Waals surface area contributed by atoms with Crippen LogP contribution in [-0.2, 0) is 4.79 Å². The molecule has 112 valence electrons. The van der Waals surface area contributed by atoms with Crippen LogP contribution in [0.3, 0.4) is 0 Å². The zero-order valence-electron chi connectivity index (χ0n) is 12.0. The van der Waals surface area contributed by atoms with Gasteiger partial charge in [-0.25, -0.2) is 0 Å². The highest BCUT2D eigenvalue weighted by molar-refractivity contribution is 6.52. The number of para-hydroxylation sites is 1. The fourth-order valence-electron chi connectivity index (χ4n) is 3.15. The maximum Gasteiger partial charge on any atom is 0.303 e. The number of fused-ring (bicyclic) bond motifs is 1. The fraction of sp³-hybridized carbons (Fsp3) is 0.467. The molecule has 21 heavy (non-hydrogen) atoms. The molecule has 1 saturated heterocycles. The van der Waals surface area contributed by atoms with Gasteiger partial charge in [-0.05, 0) is 12.1 Å². The van der Waals surface area contributed by atoms with E-state index in [0.29, 0.717) is 12.2 Å². The largest absolute Gasteiger partial charge is 0.391 e. The van der Waals surface area contributed by atoms with Crippen molar-refractivity contribution in [2.45, 2.75) is 0 Å². The molecule has 0 radical (unpaired) electrons. The minimum absolute atomic E-state index is 0.219. The highest BCUT2D eigenvalue weighted by Gasteiger charge is 2.38. The van der Waals surface area contributed by atoms with Crippen molar-refractivity contribution in [3.8, 4) is 0 Å². The Labute approximate surface area is 123 Å². The second kappa shape index (κ2) is 5.93. The molecule has 3 rings (SSSR count). The average molecular weight is 291 g/mol. The lowest BCUT2D eigenvalue weighted by Crippen LogP contribution is -3.28. The zero-order valence-corrected chi connectivity index (χ0v) is 12.0. The predicted molar refractivity (Wildman–Crippen MR) is 76.5 cm³/mol. The van der Waals surface area contributed by atoms with Gasteiger partial charge in [0, 0.05) is 0 Å². The number of hydrogen-bond acceptors (Lipinski definition) is 3. The smallest absolute Gasteiger partial charge is 0.303 e. The van der Waals surface area contributed by atoms with E-state index in [1.165, 1.54) is 9.80 Å². The second-order valence-electron chi connectivity index (χ2n) is 5.71. The molecule has 0 bridgehead atoms. The fourth-order valence-corrected chi connectivity index (χ4v) is 3.15. The van der Waals surface area contributed by atoms with Crippen molar-refractivity contribution in [3.05, 3.63) is 29.8 Å². The van der Waals surface area contributed by atoms with E-state index in [-0.39, 0.29) is 6.61 Å². The number of amides is 1. The standard InChI is InChI=1S/C15H19N3O3/c19-10-9-16-5-7-17(8-6-16)11-18-13-4-2-1-3-12(13)14(20)15(18)21/h1-4,19H,5-11H2/p+2. The predicted octanol–water partition coefficient (Wildman–Crippen LogP) is -3.05. The first-order valence-corrected chi connectivity index (χ1v) is 7.44. The van der Waals surface area contributed by atoms with Crippen molar-refractivity contribution in [1.29, 1.82) is 0 Å². The van der Waals surface area contributed by atoms with Crippen LogP contribution < -0.4 is 14.7 Å². The van der Waals surface area contributed by atoms with Gasteiger partial charge in [-0.1, -0.05) is 12.1 Å². The summed E-state index contributed by atoms with van der Waals surface area (Å²) >= 11 is 0. The molecular weight excluding hydrogens is 270 g/mol. The van der Waals surface area contributed by atoms with E-state index in [1.54, 1.807) is 17.0 Å². The number of rotatable bonds is 4. The number of aliphatic hydroxyl groups excluding tert-OH is 1. The molecule has 3 N–H and O–H groups in total. The van der Waals surface area contributed by atoms with Crippen LogP contribution in [-0.4, -0.2) is 62.8 Å². The first-order valence-electron chi connectivity index (χ1n) is 7.44. The minimum Gasteiger partial charge on any atom is -0.391 e. The molecule has 6 heteroatoms. The van der Waals surface area contributed by atoms with E-state index < -0.39 is 11.7 Å². The van der Waals surface area contributed by atoms with E-state index in [0.717, 1.165) is 38.4 Å². The summed E-state index contributed by atoms with van der Waals surface area (Å²) in [6.07, 6.45) is 0. The Morgan fingerprint density at radius 3 is 2.43 bits per heavy atom. The van der Waals surface area contributed by atoms with Crippen LogP contribution in [0, 0.1) is 0 Å². The molecule has 0 spiro atoms. The van der Waals surface area contributed by atoms with E-state index >= 15 is 0 Å². The minimum atomic E-state index is -0.408. The quantitative estimate of drug-likeness (QED) is 0.517. The molecule has 6 nitrogen and oxygen atoms in total. The molecule has 1 aromatic carbocycles. The third-order valence-corrected chi connectivity index (χ3v) is 4.39. The number of nitrogens with zero attached hydrogens (tertiary/aromatic N) is 1. The number of carbonyl (C=O) groups excluding carboxylic acids is 2. The lowest BCUT2D eigenvalue weighted by atomic mass is 10.1. The van der Waals surface area contributed by atoms with Crippen LogP contribution in [0.1, 0.15) is 10.4 Å². The number of quaternary nitrogens is 2. The van der Waals surface area contributed by atoms with Crippen molar-refractivity contribution in [1.82, 2.24) is 0 Å². The van der Waals surface area contributed by atoms with Gasteiger partial charge >= 0.3 is 5.91 Å². The Morgan fingerprint density at radius 1 is 1.05 bits per heavy atom. The van der Waals surface area contributed by atoms with Gasteiger partial charge in [0.05, 0.1) is 17.9 Å². The molecule has 1 aromatic rings. The van der Waals surface area contributed by atoms with Gasteiger partial charge in [0.15, 0.2) is 6.67 Å². The molecule has 0 atom stereocenters. The Balaban J connectivity index is 1.66. The van der Waals surface area contributed by atoms with Crippen LogP contribution in [0.25, 0.3) is 0 Å². The number of aliphatic hydroxyl groups is 1. The summed E-state index contributed by atoms with van der Waals surface area (Å²) in [5.41, 5.74) is 1.26. The van der Waals surface area contributed by atoms with E-state index in [2.05, 4.69) is 0 Å². The number of piperazine rings is 1. The maximum absolute atomic E-state index is 12.1. The zero-order chi connectivity index (χ0) is 14.8. The van der Waals surface area contributed by atoms with Gasteiger partial charge in [0.1, 0.15) is 32.7 Å². The first kappa shape index (κ1) is 14.2. The maximum atomic E-state index is 12.1. The van der Waals surface area contributed by atoms with Crippen LogP contribution in [0.4, 0.5) is 5.69 Å². The summed E-state index contributed by atoms with van der Waals surface area (Å²) in [5.74, 6) is -0.802. The van der Waals surface area contributed by atoms with Gasteiger partial charge in [-0.15, -0.1) is 0 Å². The third kappa shape index (κ3) is 2.70. The highest BCUT2D eigenvalue weighted by Crippen LogP contribution is 2.27. The molecule has 1 amide bonds. The summed E-state index contributed by atoms with van der Waals surface area (Å²) in [6.45, 7) is 5.45. The summed E-state index contributed by atoms with van der Waals surface area (Å²) in [6, 6.07) is 7.20. The molecule has 0 aromatic heterocycles. The van der Waals surface area contributed by atoms with Crippen LogP contribution >= 0.6 is 0 Å². The molecule has 0 saturated carbocycles. The van der Waals surface area contributed by atoms with Crippen LogP contribution in [0.2, 0.25) is 0 Å². The molecule has 1 fully saturated rings. The van der Waals surface area contributed by atoms with Crippen LogP contribution in [0.15, 0.2) is 24.3 Å². The van der Waals surface area contributed by atoms with Gasteiger partial charge in [0.25, 0.3) is 5.78 Å². The normalized spacial score (nSPS) is 25.3. The van der Waals surface area contributed by atoms with Crippen molar-refractivity contribution < 1.29 is 24.5 Å². The van der Waals surface area contributed by atoms with E-state index in [4.69, 9.17) is 5.11 Å². The third-order valence-electron chi connectivity index (χ3n) is 4.39. The Kier molecular flexibility index (Phi) is 4.01. The van der Waals surface area contributed by atoms with E-state index in [1.807, 2.05) is 12.1 Å². The summed E-state index contributed by atoms with van der Waals surface area (Å²) in [5, 5.41) is 8.97. The number of anilines is 1. The monoisotopic (exact) mass is 291 g/mol. The molecule has 2 aliphatic rings. The number of ketones is 1. The summed E-state index contributed by atoms with van der Waals surface area (Å²) in [7, 11) is 0. The number of benzene rings is 1. The Hall–Kier alpha value is -1.76. The topological polar surface area (TPSA) is 66.5 Å². The number of nitrogens with one attached hydrogen (secondary N) is 2. The van der Waals surface area contributed by atoms with Crippen molar-refractivity contribution in [2.24, 2.45) is 0 Å². The van der Waals surface area contributed by atoms with Gasteiger partial charge in [-0.3, -0.25) is 14.5 Å². The highest BCUT2D eigenvalue weighted by atomic mass is 16.3. The molecule has 0 aliphatic carbocycles. The van der Waals surface area contributed by atoms with Crippen molar-refractivity contribution in [3.63, 3.8) is 0 Å². The molecule has 0 unspecified atom stereocenters. The van der Waals surface area contributed by atoms with Crippen molar-refractivity contribution in [2.75, 3.05) is 50.9 Å². The summed E-state index contributed by atoms with van der Waals surface area (Å²) < 4.78 is 0. The first-order chi connectivity index (χ1) is 10.2. The van der Waals surface area contributed by atoms with Gasteiger partial charge < -0.3 is 14.9 Å². The van der Waals surface area contributed by atoms with Gasteiger partial charge in [-0.2, -0.15) is 0 Å². The Bertz CT molecular complexity index is 553.